The van der Waals surface area contributed by atoms with Crippen molar-refractivity contribution in [1.29, 1.82) is 0 Å². The summed E-state index contributed by atoms with van der Waals surface area (Å²) < 4.78 is 5.84. The molecule has 2 aromatic heterocycles. The molecular weight excluding hydrogens is 306 g/mol. The molecule has 126 valence electrons. The molecule has 3 heterocycles. The van der Waals surface area contributed by atoms with E-state index in [-0.39, 0.29) is 12.0 Å². The first kappa shape index (κ1) is 16.3. The molecular formula is C17H21N5O2. The lowest BCUT2D eigenvalue weighted by Crippen LogP contribution is -2.44. The smallest absolute Gasteiger partial charge is 0.316 e. The first-order valence-corrected chi connectivity index (χ1v) is 8.21. The van der Waals surface area contributed by atoms with Gasteiger partial charge in [0.05, 0.1) is 18.4 Å². The van der Waals surface area contributed by atoms with Gasteiger partial charge < -0.3 is 9.64 Å². The quantitative estimate of drug-likeness (QED) is 0.852. The maximum Gasteiger partial charge on any atom is 0.316 e. The van der Waals surface area contributed by atoms with E-state index in [1.54, 1.807) is 23.5 Å². The summed E-state index contributed by atoms with van der Waals surface area (Å²) in [5.41, 5.74) is 2.23. The minimum absolute atomic E-state index is 0.103. The van der Waals surface area contributed by atoms with Crippen molar-refractivity contribution in [2.45, 2.75) is 39.2 Å². The Bertz CT molecular complexity index is 687. The number of likely N-dealkylation sites (tertiary alicyclic amines) is 1. The third kappa shape index (κ3) is 3.84. The summed E-state index contributed by atoms with van der Waals surface area (Å²) in [6.07, 6.45) is 9.22. The van der Waals surface area contributed by atoms with Crippen LogP contribution in [0.3, 0.4) is 0 Å². The summed E-state index contributed by atoms with van der Waals surface area (Å²) in [6.45, 7) is 5.10. The van der Waals surface area contributed by atoms with Crippen LogP contribution in [0.1, 0.15) is 41.5 Å². The molecule has 0 N–H and O–H groups in total. The molecule has 0 spiro atoms. The Kier molecular flexibility index (Phi) is 4.98. The molecule has 1 unspecified atom stereocenters. The fraction of sp³-hybridized carbons (Fsp3) is 0.471. The van der Waals surface area contributed by atoms with E-state index in [1.807, 2.05) is 6.92 Å². The van der Waals surface area contributed by atoms with Gasteiger partial charge in [0.1, 0.15) is 11.8 Å². The number of hydrogen-bond donors (Lipinski definition) is 0. The number of piperidine rings is 1. The summed E-state index contributed by atoms with van der Waals surface area (Å²) in [7, 11) is 0. The predicted molar refractivity (Wildman–Crippen MR) is 87.7 cm³/mol. The number of amides is 1. The molecule has 1 aliphatic rings. The van der Waals surface area contributed by atoms with Crippen molar-refractivity contribution >= 4 is 5.91 Å². The Morgan fingerprint density at radius 3 is 2.67 bits per heavy atom. The van der Waals surface area contributed by atoms with Gasteiger partial charge in [0, 0.05) is 25.1 Å². The van der Waals surface area contributed by atoms with E-state index in [0.29, 0.717) is 24.8 Å². The van der Waals surface area contributed by atoms with Gasteiger partial charge in [0.25, 0.3) is 5.91 Å². The van der Waals surface area contributed by atoms with Crippen molar-refractivity contribution in [3.8, 4) is 6.01 Å². The van der Waals surface area contributed by atoms with E-state index in [2.05, 4.69) is 26.9 Å². The molecule has 24 heavy (non-hydrogen) atoms. The first-order valence-electron chi connectivity index (χ1n) is 8.21. The highest BCUT2D eigenvalue weighted by atomic mass is 16.5. The van der Waals surface area contributed by atoms with Crippen LogP contribution in [0, 0.1) is 6.92 Å². The number of aryl methyl sites for hydroxylation is 2. The summed E-state index contributed by atoms with van der Waals surface area (Å²) in [5.74, 6) is -0.113. The highest BCUT2D eigenvalue weighted by Crippen LogP contribution is 2.17. The zero-order valence-electron chi connectivity index (χ0n) is 14.0. The van der Waals surface area contributed by atoms with Gasteiger partial charge in [-0.25, -0.2) is 15.0 Å². The van der Waals surface area contributed by atoms with Crippen molar-refractivity contribution in [2.24, 2.45) is 0 Å². The van der Waals surface area contributed by atoms with Gasteiger partial charge in [-0.2, -0.15) is 0 Å². The molecule has 7 heteroatoms. The predicted octanol–water partition coefficient (Wildman–Crippen LogP) is 1.82. The fourth-order valence-electron chi connectivity index (χ4n) is 2.62. The zero-order valence-corrected chi connectivity index (χ0v) is 14.0. The minimum atomic E-state index is -0.113. The molecule has 0 saturated carbocycles. The lowest BCUT2D eigenvalue weighted by atomic mass is 10.1. The normalized spacial score (nSPS) is 17.6. The number of carbonyl (C=O) groups is 1. The molecule has 1 amide bonds. The van der Waals surface area contributed by atoms with Crippen LogP contribution < -0.4 is 4.74 Å². The third-order valence-corrected chi connectivity index (χ3v) is 4.03. The summed E-state index contributed by atoms with van der Waals surface area (Å²) >= 11 is 0. The molecule has 0 bridgehead atoms. The van der Waals surface area contributed by atoms with Crippen molar-refractivity contribution in [1.82, 2.24) is 24.8 Å². The van der Waals surface area contributed by atoms with E-state index in [0.717, 1.165) is 30.5 Å². The average molecular weight is 327 g/mol. The lowest BCUT2D eigenvalue weighted by Gasteiger charge is -2.32. The standard InChI is InChI=1S/C17H21N5O2/c1-3-13-8-20-17(21-9-13)24-14-5-4-6-22(11-14)16(23)15-10-18-12(2)7-19-15/h7-10,14H,3-6,11H2,1-2H3. The van der Waals surface area contributed by atoms with Gasteiger partial charge in [-0.15, -0.1) is 0 Å². The monoisotopic (exact) mass is 327 g/mol. The largest absolute Gasteiger partial charge is 0.458 e. The molecule has 1 fully saturated rings. The topological polar surface area (TPSA) is 81.1 Å². The van der Waals surface area contributed by atoms with Gasteiger partial charge in [0.15, 0.2) is 0 Å². The second-order valence-electron chi connectivity index (χ2n) is 5.90. The van der Waals surface area contributed by atoms with Crippen molar-refractivity contribution in [2.75, 3.05) is 13.1 Å². The highest BCUT2D eigenvalue weighted by molar-refractivity contribution is 5.92. The molecule has 1 aliphatic heterocycles. The highest BCUT2D eigenvalue weighted by Gasteiger charge is 2.27. The SMILES string of the molecule is CCc1cnc(OC2CCCN(C(=O)c3cnc(C)cn3)C2)nc1. The second-order valence-corrected chi connectivity index (χ2v) is 5.90. The number of hydrogen-bond acceptors (Lipinski definition) is 6. The van der Waals surface area contributed by atoms with Gasteiger partial charge in [-0.05, 0) is 31.7 Å². The van der Waals surface area contributed by atoms with Crippen LogP contribution in [0.5, 0.6) is 6.01 Å². The van der Waals surface area contributed by atoms with Crippen LogP contribution in [0.15, 0.2) is 24.8 Å². The Labute approximate surface area is 141 Å². The zero-order chi connectivity index (χ0) is 16.9. The maximum absolute atomic E-state index is 12.5. The molecule has 7 nitrogen and oxygen atoms in total. The summed E-state index contributed by atoms with van der Waals surface area (Å²) in [4.78, 5) is 31.0. The Morgan fingerprint density at radius 2 is 2.00 bits per heavy atom. The molecule has 0 aliphatic carbocycles. The first-order chi connectivity index (χ1) is 11.7. The van der Waals surface area contributed by atoms with Crippen LogP contribution in [0.25, 0.3) is 0 Å². The Morgan fingerprint density at radius 1 is 1.21 bits per heavy atom. The van der Waals surface area contributed by atoms with E-state index in [4.69, 9.17) is 4.74 Å². The van der Waals surface area contributed by atoms with E-state index in [1.165, 1.54) is 6.20 Å². The molecule has 0 radical (unpaired) electrons. The molecule has 2 aromatic rings. The third-order valence-electron chi connectivity index (χ3n) is 4.03. The number of rotatable bonds is 4. The Balaban J connectivity index is 1.63. The van der Waals surface area contributed by atoms with E-state index < -0.39 is 0 Å². The van der Waals surface area contributed by atoms with Gasteiger partial charge in [-0.3, -0.25) is 9.78 Å². The fourth-order valence-corrected chi connectivity index (χ4v) is 2.62. The molecule has 0 aromatic carbocycles. The summed E-state index contributed by atoms with van der Waals surface area (Å²) in [6, 6.07) is 0.363. The average Bonchev–Trinajstić information content (AvgIpc) is 2.63. The molecule has 1 atom stereocenters. The minimum Gasteiger partial charge on any atom is -0.458 e. The van der Waals surface area contributed by atoms with Crippen LogP contribution in [-0.2, 0) is 6.42 Å². The van der Waals surface area contributed by atoms with E-state index in [9.17, 15) is 4.79 Å². The van der Waals surface area contributed by atoms with Crippen molar-refractivity contribution < 1.29 is 9.53 Å². The molecule has 1 saturated heterocycles. The van der Waals surface area contributed by atoms with Gasteiger partial charge >= 0.3 is 6.01 Å². The maximum atomic E-state index is 12.5. The van der Waals surface area contributed by atoms with Crippen molar-refractivity contribution in [3.05, 3.63) is 41.7 Å². The lowest BCUT2D eigenvalue weighted by molar-refractivity contribution is 0.0510. The van der Waals surface area contributed by atoms with Crippen LogP contribution in [-0.4, -0.2) is 49.9 Å². The van der Waals surface area contributed by atoms with Crippen LogP contribution >= 0.6 is 0 Å². The number of aromatic nitrogens is 4. The van der Waals surface area contributed by atoms with Crippen molar-refractivity contribution in [3.63, 3.8) is 0 Å². The van der Waals surface area contributed by atoms with Crippen LogP contribution in [0.2, 0.25) is 0 Å². The van der Waals surface area contributed by atoms with Gasteiger partial charge in [-0.1, -0.05) is 6.92 Å². The number of ether oxygens (including phenoxy) is 1. The molecule has 3 rings (SSSR count). The summed E-state index contributed by atoms with van der Waals surface area (Å²) in [5, 5.41) is 0. The van der Waals surface area contributed by atoms with Gasteiger partial charge in [0.2, 0.25) is 0 Å². The Hall–Kier alpha value is -2.57. The van der Waals surface area contributed by atoms with E-state index >= 15 is 0 Å². The number of nitrogens with zero attached hydrogens (tertiary/aromatic N) is 5. The van der Waals surface area contributed by atoms with Crippen LogP contribution in [0.4, 0.5) is 0 Å². The number of carbonyl (C=O) groups excluding carboxylic acids is 1. The second kappa shape index (κ2) is 7.33.